The number of phenols is 1. The number of carbonyl (C=O) groups excluding carboxylic acids is 4. The van der Waals surface area contributed by atoms with E-state index in [4.69, 9.17) is 16.3 Å². The summed E-state index contributed by atoms with van der Waals surface area (Å²) in [5, 5.41) is 29.6. The van der Waals surface area contributed by atoms with Crippen LogP contribution in [0, 0.1) is 17.8 Å². The highest BCUT2D eigenvalue weighted by molar-refractivity contribution is 9.12. The van der Waals surface area contributed by atoms with Gasteiger partial charge in [-0.15, -0.1) is 0 Å². The molecule has 1 saturated heterocycles. The number of methoxy groups -OCH3 is 1. The number of hydrogen-bond acceptors (Lipinski definition) is 8. The number of amides is 2. The van der Waals surface area contributed by atoms with Gasteiger partial charge < -0.3 is 19.9 Å². The summed E-state index contributed by atoms with van der Waals surface area (Å²) in [6, 6.07) is 8.99. The number of hydrogen-bond donors (Lipinski definition) is 3. The summed E-state index contributed by atoms with van der Waals surface area (Å²) in [4.78, 5) is 55.4. The average molecular weight is 639 g/mol. The van der Waals surface area contributed by atoms with Crippen molar-refractivity contribution >= 4 is 69.2 Å². The number of rotatable bonds is 4. The Hall–Kier alpha value is -3.51. The first kappa shape index (κ1) is 27.7. The van der Waals surface area contributed by atoms with Gasteiger partial charge in [0.15, 0.2) is 23.1 Å². The van der Waals surface area contributed by atoms with Crippen molar-refractivity contribution in [1.29, 1.82) is 0 Å². The number of ether oxygens (including phenoxy) is 1. The van der Waals surface area contributed by atoms with Crippen molar-refractivity contribution in [2.24, 2.45) is 17.8 Å². The Bertz CT molecular complexity index is 1660. The van der Waals surface area contributed by atoms with Crippen molar-refractivity contribution < 1.29 is 39.1 Å². The van der Waals surface area contributed by atoms with Crippen LogP contribution in [-0.2, 0) is 19.2 Å². The molecule has 9 nitrogen and oxygen atoms in total. The topological polar surface area (TPSA) is 141 Å². The Labute approximate surface area is 248 Å². The second-order valence-electron chi connectivity index (χ2n) is 10.4. The van der Waals surface area contributed by atoms with E-state index in [0.29, 0.717) is 11.1 Å². The number of halogens is 2. The molecule has 1 heterocycles. The van der Waals surface area contributed by atoms with Crippen LogP contribution in [0.3, 0.4) is 0 Å². The second-order valence-corrected chi connectivity index (χ2v) is 11.7. The molecule has 0 radical (unpaired) electrons. The highest BCUT2D eigenvalue weighted by Crippen LogP contribution is 2.56. The van der Waals surface area contributed by atoms with Crippen molar-refractivity contribution in [3.8, 4) is 11.5 Å². The van der Waals surface area contributed by atoms with Crippen LogP contribution in [-0.4, -0.2) is 52.8 Å². The Morgan fingerprint density at radius 2 is 1.83 bits per heavy atom. The first-order valence-electron chi connectivity index (χ1n) is 12.8. The largest absolute Gasteiger partial charge is 0.503 e. The Balaban J connectivity index is 1.49. The van der Waals surface area contributed by atoms with Crippen molar-refractivity contribution in [1.82, 2.24) is 0 Å². The zero-order valence-electron chi connectivity index (χ0n) is 21.5. The maximum atomic E-state index is 14.0. The molecule has 41 heavy (non-hydrogen) atoms. The minimum Gasteiger partial charge on any atom is -0.503 e. The number of phenolic OH excluding ortho intramolecular Hbond substituents is 1. The zero-order valence-corrected chi connectivity index (χ0v) is 23.8. The molecule has 0 spiro atoms. The van der Waals surface area contributed by atoms with E-state index in [0.717, 1.165) is 4.90 Å². The van der Waals surface area contributed by atoms with Gasteiger partial charge in [0, 0.05) is 23.1 Å². The van der Waals surface area contributed by atoms with Gasteiger partial charge in [0.1, 0.15) is 0 Å². The summed E-state index contributed by atoms with van der Waals surface area (Å²) in [5.41, 5.74) is 2.08. The number of nitrogens with zero attached hydrogens (tertiary/aromatic N) is 1. The number of imide groups is 1. The third kappa shape index (κ3) is 4.22. The summed E-state index contributed by atoms with van der Waals surface area (Å²) in [6.45, 7) is 0. The molecule has 0 unspecified atom stereocenters. The van der Waals surface area contributed by atoms with Crippen LogP contribution < -0.4 is 15.1 Å². The molecule has 0 saturated carbocycles. The average Bonchev–Trinajstić information content (AvgIpc) is 3.21. The molecule has 208 valence electrons. The second kappa shape index (κ2) is 10.1. The van der Waals surface area contributed by atoms with E-state index in [1.165, 1.54) is 37.5 Å². The Morgan fingerprint density at radius 1 is 1.07 bits per heavy atom. The van der Waals surface area contributed by atoms with E-state index >= 15 is 0 Å². The smallest absolute Gasteiger partial charge is 0.488 e. The summed E-state index contributed by atoms with van der Waals surface area (Å²) < 4.78 is 5.41. The number of aromatic hydroxyl groups is 1. The third-order valence-corrected chi connectivity index (χ3v) is 9.24. The van der Waals surface area contributed by atoms with E-state index in [2.05, 4.69) is 15.9 Å². The van der Waals surface area contributed by atoms with E-state index in [1.807, 2.05) is 6.08 Å². The van der Waals surface area contributed by atoms with Crippen molar-refractivity contribution in [3.63, 3.8) is 0 Å². The summed E-state index contributed by atoms with van der Waals surface area (Å²) >= 11 is 9.53. The lowest BCUT2D eigenvalue weighted by atomic mass is 9.59. The fourth-order valence-electron chi connectivity index (χ4n) is 6.58. The normalized spacial score (nSPS) is 25.4. The van der Waals surface area contributed by atoms with Gasteiger partial charge in [-0.2, -0.15) is 0 Å². The molecule has 1 fully saturated rings. The molecule has 3 aliphatic carbocycles. The molecule has 6 rings (SSSR count). The van der Waals surface area contributed by atoms with Gasteiger partial charge in [-0.25, -0.2) is 0 Å². The molecule has 2 aromatic carbocycles. The van der Waals surface area contributed by atoms with Crippen LogP contribution in [0.1, 0.15) is 24.3 Å². The number of ketones is 2. The standard InChI is InChI=1S/C29H22BBrClNO8/c1-41-22-8-12(7-20(32)27(22)36)23-15-5-6-16-24(17(15)10-18-25(23)21(34)11-19(31)26(18)35)29(38)33(28(16)37)14-4-2-3-13(9-14)30(39)40/h2-5,7-9,11,16-17,23-24,36,39-40H,6,10H2,1H3/t16-,17+,23-,24-/m0/s1. The lowest BCUT2D eigenvalue weighted by Crippen LogP contribution is -2.39. The van der Waals surface area contributed by atoms with Crippen LogP contribution in [0.5, 0.6) is 11.5 Å². The van der Waals surface area contributed by atoms with Crippen molar-refractivity contribution in [2.75, 3.05) is 12.0 Å². The van der Waals surface area contributed by atoms with Gasteiger partial charge in [0.05, 0.1) is 34.1 Å². The fraction of sp³-hybridized carbons (Fsp3) is 0.241. The number of anilines is 1. The third-order valence-electron chi connectivity index (χ3n) is 8.36. The Kier molecular flexibility index (Phi) is 6.81. The van der Waals surface area contributed by atoms with Gasteiger partial charge >= 0.3 is 7.12 Å². The van der Waals surface area contributed by atoms with Gasteiger partial charge in [-0.1, -0.05) is 35.4 Å². The molecule has 4 aliphatic rings. The SMILES string of the molecule is COc1cc([C@H]2C3=CC[C@@H]4C(=O)N(c5cccc(B(O)O)c5)C(=O)[C@@H]4[C@@H]3CC3=C2C(=O)C=C(Br)C3=O)cc(Cl)c1O. The monoisotopic (exact) mass is 637 g/mol. The molecule has 3 N–H and O–H groups in total. The van der Waals surface area contributed by atoms with Crippen LogP contribution >= 0.6 is 27.5 Å². The van der Waals surface area contributed by atoms with Gasteiger partial charge in [0.2, 0.25) is 11.8 Å². The van der Waals surface area contributed by atoms with E-state index in [9.17, 15) is 34.3 Å². The fourth-order valence-corrected chi connectivity index (χ4v) is 7.25. The summed E-state index contributed by atoms with van der Waals surface area (Å²) in [6.07, 6.45) is 3.40. The number of carbonyl (C=O) groups is 4. The quantitative estimate of drug-likeness (QED) is 0.201. The first-order valence-corrected chi connectivity index (χ1v) is 14.0. The Morgan fingerprint density at radius 3 is 2.54 bits per heavy atom. The highest BCUT2D eigenvalue weighted by atomic mass is 79.9. The number of Topliss-reactive ketones (excluding diaryl/α,β-unsaturated/α-hetero) is 1. The minimum atomic E-state index is -1.78. The van der Waals surface area contributed by atoms with Crippen LogP contribution in [0.25, 0.3) is 0 Å². The van der Waals surface area contributed by atoms with E-state index in [-0.39, 0.29) is 67.7 Å². The molecule has 0 aromatic heterocycles. The molecule has 1 aliphatic heterocycles. The van der Waals surface area contributed by atoms with Crippen molar-refractivity contribution in [3.05, 3.63) is 80.3 Å². The summed E-state index contributed by atoms with van der Waals surface area (Å²) in [7, 11) is -0.413. The van der Waals surface area contributed by atoms with Crippen LogP contribution in [0.2, 0.25) is 5.02 Å². The molecule has 12 heteroatoms. The van der Waals surface area contributed by atoms with Gasteiger partial charge in [0.25, 0.3) is 0 Å². The predicted octanol–water partition coefficient (Wildman–Crippen LogP) is 2.70. The zero-order chi connectivity index (χ0) is 29.3. The lowest BCUT2D eigenvalue weighted by Gasteiger charge is -2.42. The van der Waals surface area contributed by atoms with Crippen LogP contribution in [0.4, 0.5) is 5.69 Å². The number of benzene rings is 2. The lowest BCUT2D eigenvalue weighted by molar-refractivity contribution is -0.123. The molecule has 2 aromatic rings. The van der Waals surface area contributed by atoms with Gasteiger partial charge in [-0.3, -0.25) is 24.1 Å². The predicted molar refractivity (Wildman–Crippen MR) is 153 cm³/mol. The molecule has 0 bridgehead atoms. The van der Waals surface area contributed by atoms with E-state index in [1.54, 1.807) is 12.1 Å². The maximum Gasteiger partial charge on any atom is 0.488 e. The summed E-state index contributed by atoms with van der Waals surface area (Å²) in [5.74, 6) is -4.68. The first-order chi connectivity index (χ1) is 19.5. The minimum absolute atomic E-state index is 0.00605. The van der Waals surface area contributed by atoms with E-state index < -0.39 is 42.6 Å². The molecule has 4 atom stereocenters. The molecular formula is C29H22BBrClNO8. The van der Waals surface area contributed by atoms with Crippen LogP contribution in [0.15, 0.2) is 69.8 Å². The molecule has 2 amide bonds. The highest BCUT2D eigenvalue weighted by Gasteiger charge is 2.56. The number of fused-ring (bicyclic) bond motifs is 3. The van der Waals surface area contributed by atoms with Gasteiger partial charge in [-0.05, 0) is 70.0 Å². The number of allylic oxidation sites excluding steroid dienone is 6. The van der Waals surface area contributed by atoms with Crippen molar-refractivity contribution in [2.45, 2.75) is 18.8 Å². The molecular weight excluding hydrogens is 616 g/mol. The maximum absolute atomic E-state index is 14.0.